The van der Waals surface area contributed by atoms with Crippen molar-refractivity contribution >= 4 is 31.3 Å². The molecule has 0 amide bonds. The van der Waals surface area contributed by atoms with Gasteiger partial charge in [-0.2, -0.15) is 5.26 Å². The highest BCUT2D eigenvalue weighted by Gasteiger charge is 2.19. The van der Waals surface area contributed by atoms with Crippen LogP contribution in [0, 0.1) is 17.1 Å². The number of nitrogens with zero attached hydrogens (tertiary/aromatic N) is 1. The molecule has 0 spiro atoms. The molecule has 0 saturated heterocycles. The van der Waals surface area contributed by atoms with Crippen molar-refractivity contribution in [3.63, 3.8) is 0 Å². The monoisotopic (exact) mass is 253 g/mol. The van der Waals surface area contributed by atoms with Gasteiger partial charge < -0.3 is 0 Å². The van der Waals surface area contributed by atoms with Gasteiger partial charge in [0.05, 0.1) is 5.02 Å². The Hall–Kier alpha value is -0.830. The van der Waals surface area contributed by atoms with Crippen molar-refractivity contribution < 1.29 is 12.8 Å². The molecule has 14 heavy (non-hydrogen) atoms. The third-order valence-electron chi connectivity index (χ3n) is 1.43. The first kappa shape index (κ1) is 11.2. The molecule has 74 valence electrons. The van der Waals surface area contributed by atoms with Crippen LogP contribution in [-0.2, 0) is 9.05 Å². The zero-order valence-corrected chi connectivity index (χ0v) is 8.79. The highest BCUT2D eigenvalue weighted by molar-refractivity contribution is 8.13. The fourth-order valence-electron chi connectivity index (χ4n) is 0.824. The van der Waals surface area contributed by atoms with Gasteiger partial charge in [0.25, 0.3) is 9.05 Å². The summed E-state index contributed by atoms with van der Waals surface area (Å²) in [6.07, 6.45) is 0. The summed E-state index contributed by atoms with van der Waals surface area (Å²) in [6.45, 7) is 0. The van der Waals surface area contributed by atoms with Crippen molar-refractivity contribution in [3.8, 4) is 6.07 Å². The van der Waals surface area contributed by atoms with Crippen LogP contribution in [0.3, 0.4) is 0 Å². The van der Waals surface area contributed by atoms with E-state index in [0.717, 1.165) is 12.1 Å². The normalized spacial score (nSPS) is 11.0. The summed E-state index contributed by atoms with van der Waals surface area (Å²) in [5.41, 5.74) is -0.534. The van der Waals surface area contributed by atoms with Crippen LogP contribution in [0.5, 0.6) is 0 Å². The molecule has 1 aromatic carbocycles. The zero-order chi connectivity index (χ0) is 10.9. The molecular formula is C7H2Cl2FNO2S. The van der Waals surface area contributed by atoms with Gasteiger partial charge in [0.15, 0.2) is 0 Å². The Labute approximate surface area is 89.1 Å². The summed E-state index contributed by atoms with van der Waals surface area (Å²) in [6, 6.07) is 3.17. The van der Waals surface area contributed by atoms with Crippen LogP contribution in [0.25, 0.3) is 0 Å². The van der Waals surface area contributed by atoms with Crippen LogP contribution in [0.15, 0.2) is 17.0 Å². The van der Waals surface area contributed by atoms with Crippen LogP contribution in [-0.4, -0.2) is 8.42 Å². The van der Waals surface area contributed by atoms with Gasteiger partial charge in [-0.3, -0.25) is 0 Å². The molecule has 0 saturated carbocycles. The Kier molecular flexibility index (Phi) is 3.00. The van der Waals surface area contributed by atoms with Crippen molar-refractivity contribution in [1.29, 1.82) is 5.26 Å². The summed E-state index contributed by atoms with van der Waals surface area (Å²) in [7, 11) is 0.941. The first-order chi connectivity index (χ1) is 6.38. The van der Waals surface area contributed by atoms with Crippen LogP contribution in [0.2, 0.25) is 5.02 Å². The lowest BCUT2D eigenvalue weighted by atomic mass is 10.2. The predicted octanol–water partition coefficient (Wildman–Crippen LogP) is 2.28. The van der Waals surface area contributed by atoms with E-state index in [2.05, 4.69) is 0 Å². The standard InChI is InChI=1S/C7H2Cl2FNO2S/c8-7-4(3-11)5(10)1-2-6(7)14(9,12)13/h1-2H. The van der Waals surface area contributed by atoms with E-state index in [1.165, 1.54) is 6.07 Å². The molecule has 0 bridgehead atoms. The quantitative estimate of drug-likeness (QED) is 0.722. The highest BCUT2D eigenvalue weighted by Crippen LogP contribution is 2.29. The molecule has 3 nitrogen and oxygen atoms in total. The first-order valence-electron chi connectivity index (χ1n) is 3.20. The maximum atomic E-state index is 12.9. The van der Waals surface area contributed by atoms with Gasteiger partial charge in [-0.25, -0.2) is 12.8 Å². The molecule has 0 aromatic heterocycles. The molecule has 1 aromatic rings. The average Bonchev–Trinajstić information content (AvgIpc) is 2.02. The second-order valence-corrected chi connectivity index (χ2v) is 5.20. The van der Waals surface area contributed by atoms with E-state index in [1.54, 1.807) is 0 Å². The number of nitriles is 1. The molecule has 0 aliphatic carbocycles. The number of hydrogen-bond acceptors (Lipinski definition) is 3. The largest absolute Gasteiger partial charge is 0.262 e. The molecule has 0 radical (unpaired) electrons. The lowest BCUT2D eigenvalue weighted by Crippen LogP contribution is -1.96. The van der Waals surface area contributed by atoms with Gasteiger partial charge in [0.1, 0.15) is 22.3 Å². The lowest BCUT2D eigenvalue weighted by Gasteiger charge is -2.01. The second kappa shape index (κ2) is 3.73. The van der Waals surface area contributed by atoms with E-state index in [4.69, 9.17) is 27.5 Å². The summed E-state index contributed by atoms with van der Waals surface area (Å²) in [5, 5.41) is 7.98. The summed E-state index contributed by atoms with van der Waals surface area (Å²) in [4.78, 5) is -0.473. The third-order valence-corrected chi connectivity index (χ3v) is 3.30. The van der Waals surface area contributed by atoms with Crippen LogP contribution < -0.4 is 0 Å². The van der Waals surface area contributed by atoms with Crippen molar-refractivity contribution in [1.82, 2.24) is 0 Å². The van der Waals surface area contributed by atoms with Crippen LogP contribution in [0.4, 0.5) is 4.39 Å². The topological polar surface area (TPSA) is 57.9 Å². The van der Waals surface area contributed by atoms with Crippen molar-refractivity contribution in [2.45, 2.75) is 4.90 Å². The van der Waals surface area contributed by atoms with Gasteiger partial charge in [-0.1, -0.05) is 11.6 Å². The molecule has 0 unspecified atom stereocenters. The molecular weight excluding hydrogens is 252 g/mol. The third kappa shape index (κ3) is 1.98. The highest BCUT2D eigenvalue weighted by atomic mass is 35.7. The number of rotatable bonds is 1. The zero-order valence-electron chi connectivity index (χ0n) is 6.46. The summed E-state index contributed by atoms with van der Waals surface area (Å²) < 4.78 is 34.6. The van der Waals surface area contributed by atoms with E-state index in [0.29, 0.717) is 0 Å². The van der Waals surface area contributed by atoms with Crippen LogP contribution >= 0.6 is 22.3 Å². The minimum Gasteiger partial charge on any atom is -0.207 e. The first-order valence-corrected chi connectivity index (χ1v) is 5.89. The Bertz CT molecular complexity index is 521. The minimum atomic E-state index is -4.06. The molecule has 0 heterocycles. The number of halogens is 3. The maximum absolute atomic E-state index is 12.9. The SMILES string of the molecule is N#Cc1c(F)ccc(S(=O)(=O)Cl)c1Cl. The molecule has 0 atom stereocenters. The van der Waals surface area contributed by atoms with Crippen molar-refractivity contribution in [3.05, 3.63) is 28.5 Å². The molecule has 7 heteroatoms. The van der Waals surface area contributed by atoms with Gasteiger partial charge in [-0.15, -0.1) is 0 Å². The van der Waals surface area contributed by atoms with Gasteiger partial charge in [-0.05, 0) is 12.1 Å². The minimum absolute atomic E-state index is 0.473. The lowest BCUT2D eigenvalue weighted by molar-refractivity contribution is 0.607. The van der Waals surface area contributed by atoms with Gasteiger partial charge >= 0.3 is 0 Å². The van der Waals surface area contributed by atoms with E-state index >= 15 is 0 Å². The second-order valence-electron chi connectivity index (χ2n) is 2.28. The van der Waals surface area contributed by atoms with Gasteiger partial charge in [0, 0.05) is 10.7 Å². The Morgan fingerprint density at radius 1 is 1.43 bits per heavy atom. The Morgan fingerprint density at radius 3 is 2.43 bits per heavy atom. The van der Waals surface area contributed by atoms with E-state index in [9.17, 15) is 12.8 Å². The molecule has 0 aliphatic heterocycles. The van der Waals surface area contributed by atoms with E-state index in [-0.39, 0.29) is 0 Å². The van der Waals surface area contributed by atoms with Crippen molar-refractivity contribution in [2.75, 3.05) is 0 Å². The van der Waals surface area contributed by atoms with E-state index < -0.39 is 30.3 Å². The predicted molar refractivity (Wildman–Crippen MR) is 49.2 cm³/mol. The molecule has 1 rings (SSSR count). The Morgan fingerprint density at radius 2 is 2.00 bits per heavy atom. The maximum Gasteiger partial charge on any atom is 0.262 e. The molecule has 0 N–H and O–H groups in total. The summed E-state index contributed by atoms with van der Waals surface area (Å²) in [5.74, 6) is -0.887. The fourth-order valence-corrected chi connectivity index (χ4v) is 2.38. The summed E-state index contributed by atoms with van der Waals surface area (Å²) >= 11 is 5.47. The number of hydrogen-bond donors (Lipinski definition) is 0. The van der Waals surface area contributed by atoms with Gasteiger partial charge in [0.2, 0.25) is 0 Å². The average molecular weight is 254 g/mol. The Balaban J connectivity index is 3.62. The smallest absolute Gasteiger partial charge is 0.207 e. The van der Waals surface area contributed by atoms with Crippen LogP contribution in [0.1, 0.15) is 5.56 Å². The van der Waals surface area contributed by atoms with E-state index in [1.807, 2.05) is 0 Å². The fraction of sp³-hybridized carbons (Fsp3) is 0. The van der Waals surface area contributed by atoms with Crippen molar-refractivity contribution in [2.24, 2.45) is 0 Å². The molecule has 0 aliphatic rings. The number of benzene rings is 1. The molecule has 0 fully saturated rings.